The van der Waals surface area contributed by atoms with Gasteiger partial charge in [0, 0.05) is 18.7 Å². The van der Waals surface area contributed by atoms with E-state index >= 15 is 0 Å². The third-order valence-corrected chi connectivity index (χ3v) is 4.50. The van der Waals surface area contributed by atoms with Crippen LogP contribution in [0.3, 0.4) is 0 Å². The molecule has 2 aromatic rings. The van der Waals surface area contributed by atoms with E-state index < -0.39 is 31.3 Å². The molecule has 0 saturated carbocycles. The predicted molar refractivity (Wildman–Crippen MR) is 81.8 cm³/mol. The zero-order valence-corrected chi connectivity index (χ0v) is 13.3. The fourth-order valence-electron chi connectivity index (χ4n) is 1.85. The summed E-state index contributed by atoms with van der Waals surface area (Å²) in [5.41, 5.74) is 0.231. The number of aromatic nitrogens is 2. The molecule has 0 bridgehead atoms. The lowest BCUT2D eigenvalue weighted by atomic mass is 10.3. The minimum atomic E-state index is -4.68. The van der Waals surface area contributed by atoms with Crippen LogP contribution in [0.15, 0.2) is 41.7 Å². The summed E-state index contributed by atoms with van der Waals surface area (Å²) in [6.45, 7) is 0.143. The zero-order chi connectivity index (χ0) is 18.6. The molecular weight excluding hydrogens is 362 g/mol. The number of nitrogens with zero attached hydrogens (tertiary/aromatic N) is 3. The van der Waals surface area contributed by atoms with Crippen molar-refractivity contribution in [2.75, 3.05) is 5.32 Å². The minimum absolute atomic E-state index is 0.0232. The number of nitro groups is 1. The average molecular weight is 374 g/mol. The molecule has 0 fully saturated rings. The summed E-state index contributed by atoms with van der Waals surface area (Å²) < 4.78 is 48.8. The highest BCUT2D eigenvalue weighted by Crippen LogP contribution is 2.20. The molecule has 25 heavy (non-hydrogen) atoms. The van der Waals surface area contributed by atoms with E-state index in [-0.39, 0.29) is 24.5 Å². The zero-order valence-electron chi connectivity index (χ0n) is 12.5. The van der Waals surface area contributed by atoms with E-state index in [0.717, 1.165) is 12.1 Å². The Morgan fingerprint density at radius 3 is 2.48 bits per heavy atom. The Hall–Kier alpha value is -2.89. The number of halogens is 2. The van der Waals surface area contributed by atoms with Crippen molar-refractivity contribution in [3.63, 3.8) is 0 Å². The first kappa shape index (κ1) is 18.4. The van der Waals surface area contributed by atoms with Gasteiger partial charge >= 0.3 is 11.6 Å². The Morgan fingerprint density at radius 1 is 1.32 bits per heavy atom. The molecule has 1 aromatic heterocycles. The maximum atomic E-state index is 12.4. The summed E-state index contributed by atoms with van der Waals surface area (Å²) in [6.07, 6.45) is 2.37. The monoisotopic (exact) mass is 374 g/mol. The maximum absolute atomic E-state index is 12.4. The van der Waals surface area contributed by atoms with E-state index in [1.54, 1.807) is 0 Å². The van der Waals surface area contributed by atoms with Gasteiger partial charge in [-0.15, -0.1) is 0 Å². The van der Waals surface area contributed by atoms with Crippen LogP contribution in [0.5, 0.6) is 0 Å². The lowest BCUT2D eigenvalue weighted by Crippen LogP contribution is -2.14. The molecule has 12 heteroatoms. The van der Waals surface area contributed by atoms with Crippen molar-refractivity contribution in [1.82, 2.24) is 9.55 Å². The topological polar surface area (TPSA) is 124 Å². The summed E-state index contributed by atoms with van der Waals surface area (Å²) in [5, 5.41) is 13.0. The Balaban J connectivity index is 1.93. The fraction of sp³-hybridized carbons (Fsp3) is 0.231. The summed E-state index contributed by atoms with van der Waals surface area (Å²) in [4.78, 5) is 24.6. The lowest BCUT2D eigenvalue weighted by Gasteiger charge is -2.07. The van der Waals surface area contributed by atoms with Gasteiger partial charge in [-0.3, -0.25) is 4.79 Å². The first-order valence-corrected chi connectivity index (χ1v) is 8.33. The van der Waals surface area contributed by atoms with Gasteiger partial charge < -0.3 is 20.0 Å². The number of imidazole rings is 1. The first-order chi connectivity index (χ1) is 11.7. The number of carbonyl (C=O) groups is 1. The molecule has 0 spiro atoms. The van der Waals surface area contributed by atoms with Gasteiger partial charge in [0.05, 0.1) is 4.90 Å². The van der Waals surface area contributed by atoms with E-state index in [1.165, 1.54) is 29.2 Å². The summed E-state index contributed by atoms with van der Waals surface area (Å²) in [7, 11) is -4.68. The molecule has 2 rings (SSSR count). The molecule has 1 aromatic carbocycles. The molecule has 0 saturated heterocycles. The molecule has 0 aliphatic rings. The third kappa shape index (κ3) is 4.56. The van der Waals surface area contributed by atoms with Crippen LogP contribution in [0.25, 0.3) is 0 Å². The van der Waals surface area contributed by atoms with Crippen LogP contribution in [0.2, 0.25) is 0 Å². The summed E-state index contributed by atoms with van der Waals surface area (Å²) in [5.74, 6) is -4.30. The lowest BCUT2D eigenvalue weighted by molar-refractivity contribution is -0.389. The summed E-state index contributed by atoms with van der Waals surface area (Å²) >= 11 is 0. The van der Waals surface area contributed by atoms with E-state index in [2.05, 4.69) is 10.3 Å². The molecule has 0 radical (unpaired) electrons. The van der Waals surface area contributed by atoms with Crippen LogP contribution in [0, 0.1) is 10.1 Å². The Morgan fingerprint density at radius 2 is 1.96 bits per heavy atom. The molecule has 9 nitrogen and oxygen atoms in total. The molecule has 1 heterocycles. The minimum Gasteiger partial charge on any atom is -0.358 e. The van der Waals surface area contributed by atoms with Gasteiger partial charge in [0.15, 0.2) is 0 Å². The normalized spacial score (nSPS) is 11.5. The number of anilines is 1. The number of sulfone groups is 1. The Labute approximate surface area is 140 Å². The number of benzene rings is 1. The smallest absolute Gasteiger partial charge is 0.358 e. The van der Waals surface area contributed by atoms with Crippen LogP contribution in [0.4, 0.5) is 20.3 Å². The van der Waals surface area contributed by atoms with E-state index in [4.69, 9.17) is 0 Å². The van der Waals surface area contributed by atoms with Crippen LogP contribution < -0.4 is 5.32 Å². The number of amides is 1. The molecular formula is C13H12F2N4O5S. The second kappa shape index (κ2) is 7.34. The molecule has 134 valence electrons. The first-order valence-electron chi connectivity index (χ1n) is 6.78. The van der Waals surface area contributed by atoms with Gasteiger partial charge in [-0.1, -0.05) is 0 Å². The van der Waals surface area contributed by atoms with Gasteiger partial charge in [0.2, 0.25) is 22.1 Å². The number of nitrogens with one attached hydrogen (secondary N) is 1. The highest BCUT2D eigenvalue weighted by atomic mass is 32.2. The largest absolute Gasteiger partial charge is 0.381 e. The molecule has 0 aliphatic carbocycles. The third-order valence-electron chi connectivity index (χ3n) is 3.10. The van der Waals surface area contributed by atoms with Gasteiger partial charge in [0.1, 0.15) is 6.20 Å². The number of rotatable bonds is 7. The highest BCUT2D eigenvalue weighted by molar-refractivity contribution is 7.91. The Kier molecular flexibility index (Phi) is 5.41. The standard InChI is InChI=1S/C13H12F2N4O5S/c14-13(15)25(23,24)10-3-1-9(2-4-10)17-12(20)5-6-18-7-11(16-8-18)19(21)22/h1-4,7-8,13H,5-6H2,(H,17,20). The highest BCUT2D eigenvalue weighted by Gasteiger charge is 2.26. The van der Waals surface area contributed by atoms with E-state index in [1.807, 2.05) is 0 Å². The SMILES string of the molecule is O=C(CCn1cnc([N+](=O)[O-])c1)Nc1ccc(S(=O)(=O)C(F)F)cc1. The Bertz CT molecular complexity index is 880. The number of alkyl halides is 2. The van der Waals surface area contributed by atoms with Gasteiger partial charge in [-0.05, 0) is 34.2 Å². The van der Waals surface area contributed by atoms with Gasteiger partial charge in [0.25, 0.3) is 0 Å². The van der Waals surface area contributed by atoms with Crippen molar-refractivity contribution < 1.29 is 26.9 Å². The second-order valence-electron chi connectivity index (χ2n) is 4.86. The number of hydrogen-bond donors (Lipinski definition) is 1. The van der Waals surface area contributed by atoms with Crippen LogP contribution in [-0.2, 0) is 21.2 Å². The van der Waals surface area contributed by atoms with Gasteiger partial charge in [-0.25, -0.2) is 8.42 Å². The van der Waals surface area contributed by atoms with Crippen molar-refractivity contribution in [1.29, 1.82) is 0 Å². The van der Waals surface area contributed by atoms with E-state index in [9.17, 15) is 32.1 Å². The van der Waals surface area contributed by atoms with Crippen LogP contribution >= 0.6 is 0 Å². The quantitative estimate of drug-likeness (QED) is 0.582. The fourth-order valence-corrected chi connectivity index (χ4v) is 2.57. The maximum Gasteiger partial charge on any atom is 0.381 e. The van der Waals surface area contributed by atoms with Gasteiger partial charge in [-0.2, -0.15) is 8.78 Å². The second-order valence-corrected chi connectivity index (χ2v) is 6.77. The van der Waals surface area contributed by atoms with Crippen molar-refractivity contribution in [2.24, 2.45) is 0 Å². The van der Waals surface area contributed by atoms with Crippen molar-refractivity contribution in [3.05, 3.63) is 46.9 Å². The van der Waals surface area contributed by atoms with Crippen LogP contribution in [0.1, 0.15) is 6.42 Å². The number of aryl methyl sites for hydroxylation is 1. The molecule has 0 unspecified atom stereocenters. The van der Waals surface area contributed by atoms with Crippen molar-refractivity contribution in [3.8, 4) is 0 Å². The van der Waals surface area contributed by atoms with Crippen LogP contribution in [-0.4, -0.2) is 34.6 Å². The average Bonchev–Trinajstić information content (AvgIpc) is 3.02. The molecule has 0 atom stereocenters. The number of carbonyl (C=O) groups excluding carboxylic acids is 1. The van der Waals surface area contributed by atoms with Crippen molar-refractivity contribution >= 4 is 27.2 Å². The van der Waals surface area contributed by atoms with E-state index in [0.29, 0.717) is 0 Å². The molecule has 1 N–H and O–H groups in total. The van der Waals surface area contributed by atoms with Crippen molar-refractivity contribution in [2.45, 2.75) is 23.6 Å². The predicted octanol–water partition coefficient (Wildman–Crippen LogP) is 1.82. The molecule has 1 amide bonds. The number of hydrogen-bond acceptors (Lipinski definition) is 6. The summed E-state index contributed by atoms with van der Waals surface area (Å²) in [6, 6.07) is 4.32. The molecule has 0 aliphatic heterocycles.